The van der Waals surface area contributed by atoms with Crippen LogP contribution in [0.15, 0.2) is 0 Å². The van der Waals surface area contributed by atoms with Crippen LogP contribution in [0.2, 0.25) is 0 Å². The van der Waals surface area contributed by atoms with E-state index in [0.29, 0.717) is 12.3 Å². The van der Waals surface area contributed by atoms with Crippen molar-refractivity contribution in [1.82, 2.24) is 0 Å². The third-order valence-corrected chi connectivity index (χ3v) is 5.38. The summed E-state index contributed by atoms with van der Waals surface area (Å²) in [5.74, 6) is 0.400. The van der Waals surface area contributed by atoms with Crippen molar-refractivity contribution in [3.63, 3.8) is 0 Å². The maximum Gasteiger partial charge on any atom is 0.306 e. The molecule has 0 bridgehead atoms. The first-order valence-corrected chi connectivity index (χ1v) is 12.3. The molecule has 0 heterocycles. The lowest BCUT2D eigenvalue weighted by molar-refractivity contribution is -0.150. The number of hydrogen-bond donors (Lipinski definition) is 0. The Morgan fingerprint density at radius 1 is 0.630 bits per heavy atom. The van der Waals surface area contributed by atoms with Gasteiger partial charge in [-0.05, 0) is 31.6 Å². The molecule has 1 atom stereocenters. The summed E-state index contributed by atoms with van der Waals surface area (Å²) in [6, 6.07) is 0. The molecule has 0 aromatic rings. The second kappa shape index (κ2) is 20.2. The van der Waals surface area contributed by atoms with Crippen molar-refractivity contribution in [3.8, 4) is 0 Å². The van der Waals surface area contributed by atoms with Crippen molar-refractivity contribution in [2.75, 3.05) is 0 Å². The van der Waals surface area contributed by atoms with Gasteiger partial charge in [0.15, 0.2) is 0 Å². The van der Waals surface area contributed by atoms with Crippen LogP contribution in [0, 0.1) is 5.92 Å². The fourth-order valence-electron chi connectivity index (χ4n) is 3.66. The molecule has 0 radical (unpaired) electrons. The topological polar surface area (TPSA) is 26.3 Å². The minimum atomic E-state index is 0.0110. The maximum absolute atomic E-state index is 12.1. The molecule has 0 aliphatic rings. The average Bonchev–Trinajstić information content (AvgIpc) is 2.62. The van der Waals surface area contributed by atoms with Crippen LogP contribution >= 0.6 is 0 Å². The highest BCUT2D eigenvalue weighted by Crippen LogP contribution is 2.18. The van der Waals surface area contributed by atoms with E-state index in [1.54, 1.807) is 0 Å². The van der Waals surface area contributed by atoms with E-state index in [1.807, 2.05) is 0 Å². The number of rotatable bonds is 20. The molecule has 0 aliphatic heterocycles. The Kier molecular flexibility index (Phi) is 19.8. The van der Waals surface area contributed by atoms with Crippen molar-refractivity contribution < 1.29 is 9.53 Å². The molecule has 0 N–H and O–H groups in total. The highest BCUT2D eigenvalue weighted by atomic mass is 16.5. The van der Waals surface area contributed by atoms with Gasteiger partial charge in [-0.3, -0.25) is 4.79 Å². The van der Waals surface area contributed by atoms with Crippen LogP contribution in [0.5, 0.6) is 0 Å². The van der Waals surface area contributed by atoms with E-state index in [1.165, 1.54) is 96.3 Å². The van der Waals surface area contributed by atoms with E-state index >= 15 is 0 Å². The third-order valence-electron chi connectivity index (χ3n) is 5.38. The second-order valence-electron chi connectivity index (χ2n) is 8.88. The van der Waals surface area contributed by atoms with Crippen LogP contribution in [0.4, 0.5) is 0 Å². The zero-order valence-corrected chi connectivity index (χ0v) is 19.2. The molecular formula is C25H50O2. The maximum atomic E-state index is 12.1. The van der Waals surface area contributed by atoms with Crippen molar-refractivity contribution in [2.24, 2.45) is 5.92 Å². The zero-order valence-electron chi connectivity index (χ0n) is 19.2. The molecule has 0 saturated heterocycles. The van der Waals surface area contributed by atoms with Crippen LogP contribution in [-0.4, -0.2) is 12.1 Å². The Hall–Kier alpha value is -0.530. The largest absolute Gasteiger partial charge is 0.462 e. The number of esters is 1. The van der Waals surface area contributed by atoms with Gasteiger partial charge in [-0.1, -0.05) is 111 Å². The summed E-state index contributed by atoms with van der Waals surface area (Å²) < 4.78 is 5.82. The Balaban J connectivity index is 3.91. The predicted molar refractivity (Wildman–Crippen MR) is 119 cm³/mol. The molecule has 0 aromatic heterocycles. The summed E-state index contributed by atoms with van der Waals surface area (Å²) in [6.45, 7) is 8.71. The van der Waals surface area contributed by atoms with Gasteiger partial charge in [-0.15, -0.1) is 0 Å². The van der Waals surface area contributed by atoms with Gasteiger partial charge < -0.3 is 4.74 Å². The molecule has 27 heavy (non-hydrogen) atoms. The summed E-state index contributed by atoms with van der Waals surface area (Å²) in [5, 5.41) is 0. The number of hydrogen-bond acceptors (Lipinski definition) is 2. The van der Waals surface area contributed by atoms with Crippen LogP contribution in [0.3, 0.4) is 0 Å². The first kappa shape index (κ1) is 26.5. The Morgan fingerprint density at radius 2 is 1.00 bits per heavy atom. The van der Waals surface area contributed by atoms with Crippen LogP contribution in [0.25, 0.3) is 0 Å². The van der Waals surface area contributed by atoms with Gasteiger partial charge in [0.2, 0.25) is 0 Å². The Morgan fingerprint density at radius 3 is 1.37 bits per heavy atom. The highest BCUT2D eigenvalue weighted by molar-refractivity contribution is 5.69. The van der Waals surface area contributed by atoms with E-state index in [2.05, 4.69) is 27.7 Å². The Bertz CT molecular complexity index is 311. The lowest BCUT2D eigenvalue weighted by Gasteiger charge is -2.19. The van der Waals surface area contributed by atoms with Crippen molar-refractivity contribution in [3.05, 3.63) is 0 Å². The smallest absolute Gasteiger partial charge is 0.306 e. The average molecular weight is 383 g/mol. The molecule has 1 unspecified atom stereocenters. The molecule has 0 aliphatic carbocycles. The van der Waals surface area contributed by atoms with Gasteiger partial charge in [-0.2, -0.15) is 0 Å². The van der Waals surface area contributed by atoms with Crippen LogP contribution < -0.4 is 0 Å². The van der Waals surface area contributed by atoms with E-state index < -0.39 is 0 Å². The molecule has 162 valence electrons. The van der Waals surface area contributed by atoms with Gasteiger partial charge in [0.1, 0.15) is 6.10 Å². The summed E-state index contributed by atoms with van der Waals surface area (Å²) in [7, 11) is 0. The molecule has 0 saturated carbocycles. The molecule has 2 nitrogen and oxygen atoms in total. The number of carbonyl (C=O) groups excluding carboxylic acids is 1. The first-order chi connectivity index (χ1) is 13.1. The van der Waals surface area contributed by atoms with Crippen molar-refractivity contribution in [1.29, 1.82) is 0 Å². The fourth-order valence-corrected chi connectivity index (χ4v) is 3.66. The molecule has 2 heteroatoms. The molecule has 0 rings (SSSR count). The summed E-state index contributed by atoms with van der Waals surface area (Å²) in [4.78, 5) is 12.1. The lowest BCUT2D eigenvalue weighted by atomic mass is 10.0. The zero-order chi connectivity index (χ0) is 20.2. The summed E-state index contributed by atoms with van der Waals surface area (Å²) in [5.41, 5.74) is 0. The summed E-state index contributed by atoms with van der Waals surface area (Å²) in [6.07, 6.45) is 22.8. The minimum Gasteiger partial charge on any atom is -0.462 e. The monoisotopic (exact) mass is 382 g/mol. The molecule has 0 amide bonds. The molecule has 0 fully saturated rings. The van der Waals surface area contributed by atoms with Gasteiger partial charge in [-0.25, -0.2) is 0 Å². The SMILES string of the molecule is CCCCCCCCCCCC(CCCCCCCC)OC(=O)CC(C)C. The molecule has 0 spiro atoms. The second-order valence-corrected chi connectivity index (χ2v) is 8.88. The van der Waals surface area contributed by atoms with E-state index in [-0.39, 0.29) is 12.1 Å². The van der Waals surface area contributed by atoms with Crippen LogP contribution in [0.1, 0.15) is 143 Å². The third kappa shape index (κ3) is 20.0. The number of carbonyl (C=O) groups is 1. The van der Waals surface area contributed by atoms with E-state index in [9.17, 15) is 4.79 Å². The predicted octanol–water partition coefficient (Wildman–Crippen LogP) is 8.62. The normalized spacial score (nSPS) is 12.5. The Labute approximate surface area is 171 Å². The minimum absolute atomic E-state index is 0.0110. The number of ether oxygens (including phenoxy) is 1. The van der Waals surface area contributed by atoms with E-state index in [4.69, 9.17) is 4.74 Å². The van der Waals surface area contributed by atoms with Crippen molar-refractivity contribution >= 4 is 5.97 Å². The van der Waals surface area contributed by atoms with Gasteiger partial charge in [0.05, 0.1) is 0 Å². The molecular weight excluding hydrogens is 332 g/mol. The lowest BCUT2D eigenvalue weighted by Crippen LogP contribution is -2.19. The van der Waals surface area contributed by atoms with Gasteiger partial charge in [0.25, 0.3) is 0 Å². The number of unbranched alkanes of at least 4 members (excludes halogenated alkanes) is 13. The van der Waals surface area contributed by atoms with E-state index in [0.717, 1.165) is 12.8 Å². The van der Waals surface area contributed by atoms with Gasteiger partial charge >= 0.3 is 5.97 Å². The first-order valence-electron chi connectivity index (χ1n) is 12.3. The van der Waals surface area contributed by atoms with Crippen LogP contribution in [-0.2, 0) is 9.53 Å². The quantitative estimate of drug-likeness (QED) is 0.155. The van der Waals surface area contributed by atoms with Crippen molar-refractivity contribution in [2.45, 2.75) is 149 Å². The van der Waals surface area contributed by atoms with Gasteiger partial charge in [0, 0.05) is 6.42 Å². The summed E-state index contributed by atoms with van der Waals surface area (Å²) >= 11 is 0. The standard InChI is InChI=1S/C25H50O2/c1-5-7-9-11-13-14-15-17-19-21-24(27-25(26)22-23(3)4)20-18-16-12-10-8-6-2/h23-24H,5-22H2,1-4H3. The molecule has 0 aromatic carbocycles. The highest BCUT2D eigenvalue weighted by Gasteiger charge is 2.15. The fraction of sp³-hybridized carbons (Fsp3) is 0.960.